The van der Waals surface area contributed by atoms with Gasteiger partial charge in [0, 0.05) is 23.0 Å². The van der Waals surface area contributed by atoms with Gasteiger partial charge < -0.3 is 0 Å². The smallest absolute Gasteiger partial charge is 0.202 e. The minimum Gasteiger partial charge on any atom is -0.202 e. The zero-order chi connectivity index (χ0) is 10.5. The van der Waals surface area contributed by atoms with Crippen molar-refractivity contribution in [1.29, 1.82) is 0 Å². The lowest BCUT2D eigenvalue weighted by atomic mass is 9.82. The average Bonchev–Trinajstić information content (AvgIpc) is 2.28. The van der Waals surface area contributed by atoms with Crippen LogP contribution in [-0.4, -0.2) is 17.3 Å². The van der Waals surface area contributed by atoms with Gasteiger partial charge in [0.2, 0.25) is 5.69 Å². The molecular weight excluding hydrogens is 238 g/mol. The van der Waals surface area contributed by atoms with Gasteiger partial charge in [0.1, 0.15) is 7.05 Å². The maximum Gasteiger partial charge on any atom is 0.210 e. The van der Waals surface area contributed by atoms with E-state index in [2.05, 4.69) is 66.5 Å². The highest BCUT2D eigenvalue weighted by Crippen LogP contribution is 2.39. The van der Waals surface area contributed by atoms with E-state index in [1.807, 2.05) is 0 Å². The maximum atomic E-state index is 3.51. The molecule has 0 aliphatic carbocycles. The van der Waals surface area contributed by atoms with Gasteiger partial charge in [-0.3, -0.25) is 0 Å². The average molecular weight is 253 g/mol. The summed E-state index contributed by atoms with van der Waals surface area (Å²) in [5.74, 6) is 0. The molecule has 1 aliphatic rings. The first kappa shape index (κ1) is 9.91. The molecule has 1 aliphatic heterocycles. The Morgan fingerprint density at radius 2 is 1.93 bits per heavy atom. The molecule has 0 fully saturated rings. The molecule has 2 heteroatoms. The van der Waals surface area contributed by atoms with Crippen LogP contribution in [0.1, 0.15) is 26.3 Å². The monoisotopic (exact) mass is 252 g/mol. The van der Waals surface area contributed by atoms with Gasteiger partial charge in [0.15, 0.2) is 5.71 Å². The predicted molar refractivity (Wildman–Crippen MR) is 63.7 cm³/mol. The van der Waals surface area contributed by atoms with Crippen LogP contribution in [0, 0.1) is 0 Å². The molecule has 74 valence electrons. The van der Waals surface area contributed by atoms with Crippen molar-refractivity contribution in [2.75, 3.05) is 7.05 Å². The third-order valence-electron chi connectivity index (χ3n) is 3.40. The third-order valence-corrected chi connectivity index (χ3v) is 3.90. The van der Waals surface area contributed by atoms with Crippen LogP contribution >= 0.6 is 15.9 Å². The molecule has 0 N–H and O–H groups in total. The molecule has 0 atom stereocenters. The Kier molecular flexibility index (Phi) is 2.07. The molecule has 1 nitrogen and oxygen atoms in total. The molecule has 0 radical (unpaired) electrons. The largest absolute Gasteiger partial charge is 0.210 e. The Morgan fingerprint density at radius 1 is 1.29 bits per heavy atom. The quantitative estimate of drug-likeness (QED) is 0.623. The number of benzene rings is 1. The second kappa shape index (κ2) is 2.93. The van der Waals surface area contributed by atoms with Gasteiger partial charge >= 0.3 is 0 Å². The van der Waals surface area contributed by atoms with E-state index >= 15 is 0 Å². The van der Waals surface area contributed by atoms with Crippen LogP contribution < -0.4 is 0 Å². The minimum atomic E-state index is 0.171. The molecule has 0 saturated carbocycles. The maximum absolute atomic E-state index is 3.51. The van der Waals surface area contributed by atoms with E-state index in [0.717, 1.165) is 4.47 Å². The molecule has 14 heavy (non-hydrogen) atoms. The number of fused-ring (bicyclic) bond motifs is 1. The van der Waals surface area contributed by atoms with Crippen molar-refractivity contribution in [2.24, 2.45) is 0 Å². The first-order valence-electron chi connectivity index (χ1n) is 4.82. The highest BCUT2D eigenvalue weighted by molar-refractivity contribution is 9.10. The van der Waals surface area contributed by atoms with Crippen molar-refractivity contribution in [3.05, 3.63) is 28.2 Å². The van der Waals surface area contributed by atoms with Gasteiger partial charge in [-0.1, -0.05) is 22.0 Å². The van der Waals surface area contributed by atoms with Crippen molar-refractivity contribution < 1.29 is 4.58 Å². The number of halogens is 1. The van der Waals surface area contributed by atoms with Gasteiger partial charge in [-0.05, 0) is 19.9 Å². The van der Waals surface area contributed by atoms with Crippen LogP contribution in [0.4, 0.5) is 5.69 Å². The summed E-state index contributed by atoms with van der Waals surface area (Å²) in [7, 11) is 2.13. The summed E-state index contributed by atoms with van der Waals surface area (Å²) >= 11 is 3.51. The van der Waals surface area contributed by atoms with Gasteiger partial charge in [0.25, 0.3) is 0 Å². The summed E-state index contributed by atoms with van der Waals surface area (Å²) < 4.78 is 3.42. The van der Waals surface area contributed by atoms with Crippen molar-refractivity contribution in [3.8, 4) is 0 Å². The second-order valence-corrected chi connectivity index (χ2v) is 5.35. The van der Waals surface area contributed by atoms with Gasteiger partial charge in [-0.15, -0.1) is 0 Å². The zero-order valence-electron chi connectivity index (χ0n) is 9.06. The molecule has 2 rings (SSSR count). The lowest BCUT2D eigenvalue weighted by Gasteiger charge is -2.14. The van der Waals surface area contributed by atoms with E-state index in [4.69, 9.17) is 0 Å². The summed E-state index contributed by atoms with van der Waals surface area (Å²) in [5, 5.41) is 0. The van der Waals surface area contributed by atoms with E-state index < -0.39 is 0 Å². The SMILES string of the molecule is CC1=[N+](C)c2cc(Br)ccc2C1(C)C. The van der Waals surface area contributed by atoms with E-state index in [0.29, 0.717) is 0 Å². The van der Waals surface area contributed by atoms with E-state index in [9.17, 15) is 0 Å². The fourth-order valence-electron chi connectivity index (χ4n) is 2.11. The van der Waals surface area contributed by atoms with E-state index in [-0.39, 0.29) is 5.41 Å². The summed E-state index contributed by atoms with van der Waals surface area (Å²) in [6, 6.07) is 6.52. The van der Waals surface area contributed by atoms with Crippen LogP contribution in [-0.2, 0) is 5.41 Å². The Hall–Kier alpha value is -0.630. The van der Waals surface area contributed by atoms with Crippen LogP contribution in [0.5, 0.6) is 0 Å². The summed E-state index contributed by atoms with van der Waals surface area (Å²) in [6.07, 6.45) is 0. The lowest BCUT2D eigenvalue weighted by molar-refractivity contribution is -0.403. The molecule has 0 unspecified atom stereocenters. The zero-order valence-corrected chi connectivity index (χ0v) is 10.6. The Bertz CT molecular complexity index is 430. The summed E-state index contributed by atoms with van der Waals surface area (Å²) in [5.41, 5.74) is 4.32. The second-order valence-electron chi connectivity index (χ2n) is 4.43. The van der Waals surface area contributed by atoms with E-state index in [1.165, 1.54) is 17.0 Å². The predicted octanol–water partition coefficient (Wildman–Crippen LogP) is 3.48. The van der Waals surface area contributed by atoms with Crippen LogP contribution in [0.15, 0.2) is 22.7 Å². The Balaban J connectivity index is 2.73. The number of hydrogen-bond donors (Lipinski definition) is 0. The lowest BCUT2D eigenvalue weighted by Crippen LogP contribution is -2.25. The molecule has 0 spiro atoms. The van der Waals surface area contributed by atoms with Gasteiger partial charge in [0.05, 0.1) is 5.41 Å². The molecule has 0 amide bonds. The highest BCUT2D eigenvalue weighted by Gasteiger charge is 2.41. The fraction of sp³-hybridized carbons (Fsp3) is 0.417. The number of rotatable bonds is 0. The minimum absolute atomic E-state index is 0.171. The Morgan fingerprint density at radius 3 is 2.57 bits per heavy atom. The molecule has 0 bridgehead atoms. The first-order valence-corrected chi connectivity index (χ1v) is 5.61. The number of hydrogen-bond acceptors (Lipinski definition) is 0. The normalized spacial score (nSPS) is 18.6. The molecule has 1 heterocycles. The first-order chi connectivity index (χ1) is 6.44. The molecular formula is C12H15BrN+. The molecule has 0 saturated heterocycles. The topological polar surface area (TPSA) is 3.01 Å². The van der Waals surface area contributed by atoms with Gasteiger partial charge in [-0.25, -0.2) is 4.58 Å². The van der Waals surface area contributed by atoms with Crippen molar-refractivity contribution >= 4 is 27.3 Å². The fourth-order valence-corrected chi connectivity index (χ4v) is 2.45. The van der Waals surface area contributed by atoms with Gasteiger partial charge in [-0.2, -0.15) is 0 Å². The van der Waals surface area contributed by atoms with Crippen LogP contribution in [0.2, 0.25) is 0 Å². The molecule has 1 aromatic rings. The van der Waals surface area contributed by atoms with E-state index in [1.54, 1.807) is 0 Å². The number of nitrogens with zero attached hydrogens (tertiary/aromatic N) is 1. The Labute approximate surface area is 93.6 Å². The molecule has 1 aromatic carbocycles. The summed E-state index contributed by atoms with van der Waals surface area (Å²) in [6.45, 7) is 6.76. The summed E-state index contributed by atoms with van der Waals surface area (Å²) in [4.78, 5) is 0. The standard InChI is InChI=1S/C12H15BrN/c1-8-12(2,3)10-6-5-9(13)7-11(10)14(8)4/h5-7H,1-4H3/q+1. The van der Waals surface area contributed by atoms with Crippen molar-refractivity contribution in [1.82, 2.24) is 0 Å². The molecule has 0 aromatic heterocycles. The van der Waals surface area contributed by atoms with Crippen molar-refractivity contribution in [3.63, 3.8) is 0 Å². The van der Waals surface area contributed by atoms with Crippen LogP contribution in [0.25, 0.3) is 0 Å². The van der Waals surface area contributed by atoms with Crippen LogP contribution in [0.3, 0.4) is 0 Å². The highest BCUT2D eigenvalue weighted by atomic mass is 79.9. The third kappa shape index (κ3) is 1.17. The van der Waals surface area contributed by atoms with Crippen molar-refractivity contribution in [2.45, 2.75) is 26.2 Å².